The van der Waals surface area contributed by atoms with Crippen molar-refractivity contribution in [3.05, 3.63) is 94.7 Å². The number of ether oxygens (including phenoxy) is 1. The van der Waals surface area contributed by atoms with Gasteiger partial charge in [0.2, 0.25) is 5.88 Å². The van der Waals surface area contributed by atoms with E-state index in [0.717, 1.165) is 30.7 Å². The monoisotopic (exact) mass is 367 g/mol. The predicted molar refractivity (Wildman–Crippen MR) is 97.6 cm³/mol. The van der Waals surface area contributed by atoms with Crippen molar-refractivity contribution in [2.24, 2.45) is 0 Å². The first-order valence-electron chi connectivity index (χ1n) is 8.55. The Morgan fingerprint density at radius 1 is 0.852 bits per heavy atom. The van der Waals surface area contributed by atoms with E-state index in [1.54, 1.807) is 12.1 Å². The van der Waals surface area contributed by atoms with Gasteiger partial charge in [0.1, 0.15) is 5.75 Å². The largest absolute Gasteiger partial charge is 0.439 e. The quantitative estimate of drug-likeness (QED) is 0.560. The molecule has 1 aliphatic carbocycles. The Bertz CT molecular complexity index is 947. The van der Waals surface area contributed by atoms with Gasteiger partial charge in [-0.05, 0) is 47.7 Å². The standard InChI is InChI=1S/C22H16F3NO/c23-22(24,25)19-7-10-21(26-14-19)27-20-8-5-15(6-9-20)11-16-12-17-3-1-2-4-18(17)13-16/h1-11,14H,12-13H2. The number of allylic oxidation sites excluding steroid dienone is 1. The van der Waals surface area contributed by atoms with Crippen molar-refractivity contribution >= 4 is 6.08 Å². The summed E-state index contributed by atoms with van der Waals surface area (Å²) in [7, 11) is 0. The van der Waals surface area contributed by atoms with Crippen LogP contribution in [0.1, 0.15) is 22.3 Å². The second-order valence-electron chi connectivity index (χ2n) is 6.48. The molecule has 0 N–H and O–H groups in total. The molecule has 0 saturated carbocycles. The summed E-state index contributed by atoms with van der Waals surface area (Å²) in [5, 5.41) is 0. The summed E-state index contributed by atoms with van der Waals surface area (Å²) in [6.45, 7) is 0. The molecule has 27 heavy (non-hydrogen) atoms. The van der Waals surface area contributed by atoms with Gasteiger partial charge in [0.25, 0.3) is 0 Å². The number of hydrogen-bond acceptors (Lipinski definition) is 2. The van der Waals surface area contributed by atoms with Gasteiger partial charge in [-0.25, -0.2) is 4.98 Å². The van der Waals surface area contributed by atoms with E-state index in [1.807, 2.05) is 12.1 Å². The molecule has 0 spiro atoms. The van der Waals surface area contributed by atoms with Crippen LogP contribution < -0.4 is 4.74 Å². The van der Waals surface area contributed by atoms with Gasteiger partial charge in [-0.1, -0.05) is 48.0 Å². The zero-order chi connectivity index (χ0) is 18.9. The lowest BCUT2D eigenvalue weighted by atomic mass is 10.1. The van der Waals surface area contributed by atoms with Crippen LogP contribution in [0, 0.1) is 0 Å². The van der Waals surface area contributed by atoms with Gasteiger partial charge >= 0.3 is 6.18 Å². The topological polar surface area (TPSA) is 22.1 Å². The third kappa shape index (κ3) is 4.03. The molecule has 0 aliphatic heterocycles. The fourth-order valence-corrected chi connectivity index (χ4v) is 3.15. The van der Waals surface area contributed by atoms with Crippen LogP contribution in [0.15, 0.2) is 72.4 Å². The Hall–Kier alpha value is -3.08. The first kappa shape index (κ1) is 17.3. The van der Waals surface area contributed by atoms with Gasteiger partial charge < -0.3 is 4.74 Å². The van der Waals surface area contributed by atoms with Gasteiger partial charge in [0.15, 0.2) is 0 Å². The van der Waals surface area contributed by atoms with Crippen molar-refractivity contribution in [1.82, 2.24) is 4.98 Å². The average molecular weight is 367 g/mol. The minimum Gasteiger partial charge on any atom is -0.439 e. The maximum absolute atomic E-state index is 12.6. The summed E-state index contributed by atoms with van der Waals surface area (Å²) in [6, 6.07) is 18.0. The highest BCUT2D eigenvalue weighted by Crippen LogP contribution is 2.31. The molecule has 1 aliphatic rings. The second kappa shape index (κ2) is 6.91. The first-order chi connectivity index (χ1) is 13.0. The molecule has 0 amide bonds. The first-order valence-corrected chi connectivity index (χ1v) is 8.55. The van der Waals surface area contributed by atoms with E-state index < -0.39 is 11.7 Å². The molecule has 0 atom stereocenters. The van der Waals surface area contributed by atoms with Crippen LogP contribution in [-0.2, 0) is 19.0 Å². The molecule has 0 bridgehead atoms. The molecule has 4 rings (SSSR count). The Morgan fingerprint density at radius 3 is 2.07 bits per heavy atom. The van der Waals surface area contributed by atoms with E-state index in [0.29, 0.717) is 5.75 Å². The Kier molecular flexibility index (Phi) is 4.44. The molecule has 5 heteroatoms. The maximum atomic E-state index is 12.6. The summed E-state index contributed by atoms with van der Waals surface area (Å²) < 4.78 is 43.2. The SMILES string of the molecule is FC(F)(F)c1ccc(Oc2ccc(C=C3Cc4ccccc4C3)cc2)nc1. The Morgan fingerprint density at radius 2 is 1.52 bits per heavy atom. The van der Waals surface area contributed by atoms with E-state index in [2.05, 4.69) is 35.3 Å². The van der Waals surface area contributed by atoms with Crippen molar-refractivity contribution in [2.75, 3.05) is 0 Å². The molecule has 0 fully saturated rings. The van der Waals surface area contributed by atoms with Crippen LogP contribution in [-0.4, -0.2) is 4.98 Å². The highest BCUT2D eigenvalue weighted by Gasteiger charge is 2.30. The number of benzene rings is 2. The minimum absolute atomic E-state index is 0.125. The molecular formula is C22H16F3NO. The van der Waals surface area contributed by atoms with Crippen molar-refractivity contribution in [3.8, 4) is 11.6 Å². The molecule has 1 heterocycles. The third-order valence-electron chi connectivity index (χ3n) is 4.49. The molecule has 0 saturated heterocycles. The highest BCUT2D eigenvalue weighted by atomic mass is 19.4. The van der Waals surface area contributed by atoms with Crippen molar-refractivity contribution in [1.29, 1.82) is 0 Å². The van der Waals surface area contributed by atoms with E-state index in [-0.39, 0.29) is 5.88 Å². The molecule has 0 unspecified atom stereocenters. The van der Waals surface area contributed by atoms with Gasteiger partial charge in [-0.15, -0.1) is 0 Å². The summed E-state index contributed by atoms with van der Waals surface area (Å²) in [5.74, 6) is 0.652. The van der Waals surface area contributed by atoms with Crippen LogP contribution in [0.5, 0.6) is 11.6 Å². The zero-order valence-corrected chi connectivity index (χ0v) is 14.3. The van der Waals surface area contributed by atoms with Crippen LogP contribution >= 0.6 is 0 Å². The minimum atomic E-state index is -4.40. The second-order valence-corrected chi connectivity index (χ2v) is 6.48. The maximum Gasteiger partial charge on any atom is 0.417 e. The summed E-state index contributed by atoms with van der Waals surface area (Å²) in [6.07, 6.45) is 0.459. The van der Waals surface area contributed by atoms with E-state index >= 15 is 0 Å². The number of aromatic nitrogens is 1. The fraction of sp³-hybridized carbons (Fsp3) is 0.136. The number of rotatable bonds is 3. The normalized spacial score (nSPS) is 13.4. The molecule has 136 valence electrons. The van der Waals surface area contributed by atoms with Gasteiger partial charge in [-0.3, -0.25) is 0 Å². The number of halogens is 3. The van der Waals surface area contributed by atoms with E-state index in [4.69, 9.17) is 4.74 Å². The lowest BCUT2D eigenvalue weighted by Crippen LogP contribution is -2.05. The molecule has 2 nitrogen and oxygen atoms in total. The number of hydrogen-bond donors (Lipinski definition) is 0. The highest BCUT2D eigenvalue weighted by molar-refractivity contribution is 5.58. The lowest BCUT2D eigenvalue weighted by molar-refractivity contribution is -0.137. The molecule has 2 aromatic carbocycles. The van der Waals surface area contributed by atoms with Crippen molar-refractivity contribution in [3.63, 3.8) is 0 Å². The van der Waals surface area contributed by atoms with Crippen molar-refractivity contribution < 1.29 is 17.9 Å². The van der Waals surface area contributed by atoms with Crippen LogP contribution in [0.3, 0.4) is 0 Å². The van der Waals surface area contributed by atoms with Crippen molar-refractivity contribution in [2.45, 2.75) is 19.0 Å². The number of alkyl halides is 3. The number of pyridine rings is 1. The predicted octanol–water partition coefficient (Wildman–Crippen LogP) is 6.07. The molecule has 3 aromatic rings. The van der Waals surface area contributed by atoms with Gasteiger partial charge in [0, 0.05) is 12.3 Å². The molecule has 0 radical (unpaired) electrons. The van der Waals surface area contributed by atoms with E-state index in [9.17, 15) is 13.2 Å². The number of fused-ring (bicyclic) bond motifs is 1. The van der Waals surface area contributed by atoms with Crippen LogP contribution in [0.4, 0.5) is 13.2 Å². The summed E-state index contributed by atoms with van der Waals surface area (Å²) >= 11 is 0. The van der Waals surface area contributed by atoms with E-state index in [1.165, 1.54) is 22.8 Å². The van der Waals surface area contributed by atoms with Gasteiger partial charge in [0.05, 0.1) is 5.56 Å². The molecule has 1 aromatic heterocycles. The zero-order valence-electron chi connectivity index (χ0n) is 14.3. The average Bonchev–Trinajstić information content (AvgIpc) is 3.05. The summed E-state index contributed by atoms with van der Waals surface area (Å²) in [4.78, 5) is 3.71. The van der Waals surface area contributed by atoms with Crippen LogP contribution in [0.2, 0.25) is 0 Å². The molecular weight excluding hydrogens is 351 g/mol. The van der Waals surface area contributed by atoms with Crippen LogP contribution in [0.25, 0.3) is 6.08 Å². The third-order valence-corrected chi connectivity index (χ3v) is 4.49. The summed E-state index contributed by atoms with van der Waals surface area (Å²) in [5.41, 5.74) is 4.36. The van der Waals surface area contributed by atoms with Gasteiger partial charge in [-0.2, -0.15) is 13.2 Å². The Balaban J connectivity index is 1.43. The number of nitrogens with zero attached hydrogens (tertiary/aromatic N) is 1. The lowest BCUT2D eigenvalue weighted by Gasteiger charge is -2.08. The smallest absolute Gasteiger partial charge is 0.417 e. The fourth-order valence-electron chi connectivity index (χ4n) is 3.15. The Labute approximate surface area is 155 Å².